The van der Waals surface area contributed by atoms with Gasteiger partial charge in [0.15, 0.2) is 0 Å². The fourth-order valence-electron chi connectivity index (χ4n) is 1.90. The first kappa shape index (κ1) is 14.5. The lowest BCUT2D eigenvalue weighted by Crippen LogP contribution is -2.30. The van der Waals surface area contributed by atoms with Gasteiger partial charge >= 0.3 is 5.97 Å². The maximum Gasteiger partial charge on any atom is 0.328 e. The highest BCUT2D eigenvalue weighted by atomic mass is 16.5. The van der Waals surface area contributed by atoms with Gasteiger partial charge in [-0.05, 0) is 12.8 Å². The number of carbonyl (C=O) groups is 1. The topological polar surface area (TPSA) is 56.2 Å². The van der Waals surface area contributed by atoms with Crippen LogP contribution in [0.1, 0.15) is 38.8 Å². The number of nitrogens with one attached hydrogen (secondary N) is 1. The lowest BCUT2D eigenvalue weighted by molar-refractivity contribution is -0.141. The molecule has 1 unspecified atom stereocenters. The largest absolute Gasteiger partial charge is 0.467 e. The highest BCUT2D eigenvalue weighted by molar-refractivity contribution is 5.79. The summed E-state index contributed by atoms with van der Waals surface area (Å²) in [5.74, 6) is -0.214. The van der Waals surface area contributed by atoms with Crippen molar-refractivity contribution in [1.82, 2.24) is 9.78 Å². The average molecular weight is 253 g/mol. The molecule has 0 aliphatic heterocycles. The minimum Gasteiger partial charge on any atom is -0.467 e. The Morgan fingerprint density at radius 3 is 2.83 bits per heavy atom. The van der Waals surface area contributed by atoms with E-state index in [1.165, 1.54) is 7.11 Å². The highest BCUT2D eigenvalue weighted by Crippen LogP contribution is 2.17. The Bertz CT molecular complexity index is 388. The zero-order valence-corrected chi connectivity index (χ0v) is 11.7. The van der Waals surface area contributed by atoms with E-state index in [1.54, 1.807) is 4.68 Å². The van der Waals surface area contributed by atoms with Crippen molar-refractivity contribution in [1.29, 1.82) is 0 Å². The van der Waals surface area contributed by atoms with Gasteiger partial charge in [-0.3, -0.25) is 4.68 Å². The summed E-state index contributed by atoms with van der Waals surface area (Å²) in [5.41, 5.74) is 1.90. The molecule has 18 heavy (non-hydrogen) atoms. The minimum absolute atomic E-state index is 0.214. The summed E-state index contributed by atoms with van der Waals surface area (Å²) in [6, 6.07) is -0.288. The molecule has 1 aromatic heterocycles. The normalized spacial score (nSPS) is 12.2. The number of anilines is 1. The van der Waals surface area contributed by atoms with Gasteiger partial charge in [-0.15, -0.1) is 0 Å². The molecule has 0 fully saturated rings. The van der Waals surface area contributed by atoms with Crippen LogP contribution in [0.2, 0.25) is 0 Å². The molecule has 1 heterocycles. The van der Waals surface area contributed by atoms with Crippen LogP contribution in [-0.4, -0.2) is 28.9 Å². The molecular weight excluding hydrogens is 230 g/mol. The number of esters is 1. The number of carbonyl (C=O) groups excluding carboxylic acids is 1. The number of aromatic nitrogens is 2. The number of unbranched alkanes of at least 4 members (excludes halogenated alkanes) is 1. The minimum atomic E-state index is -0.288. The van der Waals surface area contributed by atoms with E-state index in [0.717, 1.165) is 37.1 Å². The first-order valence-electron chi connectivity index (χ1n) is 6.49. The Hall–Kier alpha value is -1.52. The van der Waals surface area contributed by atoms with Crippen molar-refractivity contribution in [2.24, 2.45) is 7.05 Å². The van der Waals surface area contributed by atoms with E-state index in [-0.39, 0.29) is 12.0 Å². The van der Waals surface area contributed by atoms with Gasteiger partial charge in [0.25, 0.3) is 0 Å². The molecule has 0 bridgehead atoms. The molecule has 0 aliphatic rings. The van der Waals surface area contributed by atoms with E-state index in [4.69, 9.17) is 4.74 Å². The smallest absolute Gasteiger partial charge is 0.328 e. The molecule has 0 saturated heterocycles. The number of ether oxygens (including phenoxy) is 1. The second-order valence-electron chi connectivity index (χ2n) is 4.38. The first-order valence-corrected chi connectivity index (χ1v) is 6.49. The van der Waals surface area contributed by atoms with E-state index in [9.17, 15) is 4.79 Å². The third kappa shape index (κ3) is 3.75. The third-order valence-corrected chi connectivity index (χ3v) is 2.90. The van der Waals surface area contributed by atoms with Crippen LogP contribution in [0, 0.1) is 0 Å². The molecule has 1 rings (SSSR count). The van der Waals surface area contributed by atoms with Crippen molar-refractivity contribution in [3.8, 4) is 0 Å². The molecular formula is C13H23N3O2. The Labute approximate surface area is 109 Å². The molecule has 1 N–H and O–H groups in total. The summed E-state index contributed by atoms with van der Waals surface area (Å²) in [5, 5.41) is 7.60. The number of hydrogen-bond acceptors (Lipinski definition) is 4. The molecule has 1 atom stereocenters. The summed E-state index contributed by atoms with van der Waals surface area (Å²) in [7, 11) is 3.30. The monoisotopic (exact) mass is 253 g/mol. The zero-order chi connectivity index (χ0) is 13.5. The fourth-order valence-corrected chi connectivity index (χ4v) is 1.90. The van der Waals surface area contributed by atoms with Crippen LogP contribution in [0.4, 0.5) is 5.69 Å². The molecule has 0 radical (unpaired) electrons. The maximum atomic E-state index is 11.7. The number of nitrogens with zero attached hydrogens (tertiary/aromatic N) is 2. The van der Waals surface area contributed by atoms with Crippen LogP contribution in [0.15, 0.2) is 6.20 Å². The van der Waals surface area contributed by atoms with E-state index < -0.39 is 0 Å². The number of aryl methyl sites for hydroxylation is 2. The van der Waals surface area contributed by atoms with Crippen LogP contribution in [0.5, 0.6) is 0 Å². The average Bonchev–Trinajstić information content (AvgIpc) is 2.73. The lowest BCUT2D eigenvalue weighted by Gasteiger charge is -2.16. The van der Waals surface area contributed by atoms with E-state index in [1.807, 2.05) is 20.2 Å². The molecule has 0 spiro atoms. The van der Waals surface area contributed by atoms with Gasteiger partial charge in [0.1, 0.15) is 6.04 Å². The highest BCUT2D eigenvalue weighted by Gasteiger charge is 2.20. The van der Waals surface area contributed by atoms with Gasteiger partial charge in [0.05, 0.1) is 18.5 Å². The molecule has 102 valence electrons. The van der Waals surface area contributed by atoms with Crippen LogP contribution in [0.25, 0.3) is 0 Å². The predicted octanol–water partition coefficient (Wildman–Crippen LogP) is 2.13. The summed E-state index contributed by atoms with van der Waals surface area (Å²) in [4.78, 5) is 11.7. The van der Waals surface area contributed by atoms with E-state index in [2.05, 4.69) is 17.3 Å². The third-order valence-electron chi connectivity index (χ3n) is 2.90. The van der Waals surface area contributed by atoms with Gasteiger partial charge in [0, 0.05) is 13.2 Å². The lowest BCUT2D eigenvalue weighted by atomic mass is 10.1. The second kappa shape index (κ2) is 7.03. The van der Waals surface area contributed by atoms with Gasteiger partial charge < -0.3 is 10.1 Å². The summed E-state index contributed by atoms with van der Waals surface area (Å²) in [6.07, 6.45) is 5.57. The van der Waals surface area contributed by atoms with Gasteiger partial charge in [-0.1, -0.05) is 26.7 Å². The van der Waals surface area contributed by atoms with Crippen molar-refractivity contribution < 1.29 is 9.53 Å². The Morgan fingerprint density at radius 1 is 1.56 bits per heavy atom. The summed E-state index contributed by atoms with van der Waals surface area (Å²) >= 11 is 0. The molecule has 0 amide bonds. The molecule has 5 heteroatoms. The first-order chi connectivity index (χ1) is 8.62. The number of hydrogen-bond donors (Lipinski definition) is 1. The molecule has 5 nitrogen and oxygen atoms in total. The Morgan fingerprint density at radius 2 is 2.28 bits per heavy atom. The van der Waals surface area contributed by atoms with Crippen LogP contribution in [-0.2, 0) is 23.0 Å². The van der Waals surface area contributed by atoms with Crippen molar-refractivity contribution in [3.63, 3.8) is 0 Å². The second-order valence-corrected chi connectivity index (χ2v) is 4.38. The van der Waals surface area contributed by atoms with Crippen LogP contribution in [0.3, 0.4) is 0 Å². The molecule has 0 saturated carbocycles. The summed E-state index contributed by atoms with van der Waals surface area (Å²) in [6.45, 7) is 4.16. The van der Waals surface area contributed by atoms with Crippen LogP contribution >= 0.6 is 0 Å². The van der Waals surface area contributed by atoms with Crippen LogP contribution < -0.4 is 5.32 Å². The Balaban J connectivity index is 2.77. The summed E-state index contributed by atoms with van der Waals surface area (Å²) < 4.78 is 6.59. The molecule has 1 aromatic rings. The standard InChI is InChI=1S/C13H23N3O2/c1-5-7-8-11(13(17)18-4)14-12-9-16(3)15-10(12)6-2/h9,11,14H,5-8H2,1-4H3. The van der Waals surface area contributed by atoms with Crippen molar-refractivity contribution in [2.45, 2.75) is 45.6 Å². The van der Waals surface area contributed by atoms with E-state index in [0.29, 0.717) is 0 Å². The fraction of sp³-hybridized carbons (Fsp3) is 0.692. The molecule has 0 aromatic carbocycles. The van der Waals surface area contributed by atoms with Crippen molar-refractivity contribution in [3.05, 3.63) is 11.9 Å². The van der Waals surface area contributed by atoms with Gasteiger partial charge in [-0.2, -0.15) is 5.10 Å². The number of methoxy groups -OCH3 is 1. The van der Waals surface area contributed by atoms with Crippen molar-refractivity contribution >= 4 is 11.7 Å². The predicted molar refractivity (Wildman–Crippen MR) is 71.5 cm³/mol. The quantitative estimate of drug-likeness (QED) is 0.756. The zero-order valence-electron chi connectivity index (χ0n) is 11.7. The van der Waals surface area contributed by atoms with Gasteiger partial charge in [-0.25, -0.2) is 4.79 Å². The SMILES string of the molecule is CCCCC(Nc1cn(C)nc1CC)C(=O)OC. The Kier molecular flexibility index (Phi) is 5.68. The van der Waals surface area contributed by atoms with Crippen molar-refractivity contribution in [2.75, 3.05) is 12.4 Å². The number of rotatable bonds is 7. The van der Waals surface area contributed by atoms with Gasteiger partial charge in [0.2, 0.25) is 0 Å². The maximum absolute atomic E-state index is 11.7. The molecule has 0 aliphatic carbocycles. The van der Waals surface area contributed by atoms with E-state index >= 15 is 0 Å².